The molecule has 1 aromatic rings. The van der Waals surface area contributed by atoms with Gasteiger partial charge in [0.1, 0.15) is 0 Å². The van der Waals surface area contributed by atoms with Crippen LogP contribution in [-0.2, 0) is 0 Å². The SMILES string of the molecule is C=c1cc(C)n(C(C)=O)c1=C. The number of carbonyl (C=O) groups is 1. The standard InChI is InChI=1S/C9H11NO/c1-6-5-7(2)10(8(6)3)9(4)11/h5H,1,3H2,2,4H3. The molecule has 0 aromatic carbocycles. The van der Waals surface area contributed by atoms with E-state index in [2.05, 4.69) is 13.2 Å². The quantitative estimate of drug-likeness (QED) is 0.519. The van der Waals surface area contributed by atoms with Crippen LogP contribution >= 0.6 is 0 Å². The van der Waals surface area contributed by atoms with Crippen LogP contribution in [0, 0.1) is 6.92 Å². The highest BCUT2D eigenvalue weighted by Gasteiger charge is 2.01. The highest BCUT2D eigenvalue weighted by atomic mass is 16.1. The molecule has 0 N–H and O–H groups in total. The van der Waals surface area contributed by atoms with Crippen molar-refractivity contribution in [2.45, 2.75) is 13.8 Å². The van der Waals surface area contributed by atoms with Crippen molar-refractivity contribution in [2.24, 2.45) is 0 Å². The van der Waals surface area contributed by atoms with Gasteiger partial charge in [0.25, 0.3) is 0 Å². The fraction of sp³-hybridized carbons (Fsp3) is 0.222. The second-order valence-electron chi connectivity index (χ2n) is 2.61. The fourth-order valence-corrected chi connectivity index (χ4v) is 1.19. The summed E-state index contributed by atoms with van der Waals surface area (Å²) in [5.41, 5.74) is 0.896. The van der Waals surface area contributed by atoms with E-state index in [1.807, 2.05) is 13.0 Å². The Balaban J connectivity index is 3.60. The van der Waals surface area contributed by atoms with E-state index in [1.165, 1.54) is 6.92 Å². The number of hydrogen-bond acceptors (Lipinski definition) is 1. The molecule has 2 heteroatoms. The maximum Gasteiger partial charge on any atom is 0.228 e. The molecule has 0 bridgehead atoms. The fourth-order valence-electron chi connectivity index (χ4n) is 1.19. The minimum Gasteiger partial charge on any atom is -0.285 e. The van der Waals surface area contributed by atoms with E-state index in [4.69, 9.17) is 0 Å². The minimum absolute atomic E-state index is 0.0117. The molecule has 1 aromatic heterocycles. The highest BCUT2D eigenvalue weighted by Crippen LogP contribution is 1.88. The zero-order valence-corrected chi connectivity index (χ0v) is 6.85. The van der Waals surface area contributed by atoms with Crippen molar-refractivity contribution >= 4 is 19.1 Å². The van der Waals surface area contributed by atoms with Gasteiger partial charge in [0.2, 0.25) is 5.91 Å². The first-order valence-corrected chi connectivity index (χ1v) is 3.41. The van der Waals surface area contributed by atoms with Gasteiger partial charge in [-0.25, -0.2) is 0 Å². The van der Waals surface area contributed by atoms with Gasteiger partial charge >= 0.3 is 0 Å². The van der Waals surface area contributed by atoms with Crippen molar-refractivity contribution in [2.75, 3.05) is 0 Å². The lowest BCUT2D eigenvalue weighted by Crippen LogP contribution is -2.29. The normalized spacial score (nSPS) is 10.0. The molecule has 1 heterocycles. The Morgan fingerprint density at radius 3 is 2.27 bits per heavy atom. The topological polar surface area (TPSA) is 22.0 Å². The molecule has 0 saturated carbocycles. The van der Waals surface area contributed by atoms with Gasteiger partial charge in [-0.05, 0) is 18.2 Å². The molecular weight excluding hydrogens is 138 g/mol. The molecule has 0 aliphatic rings. The number of aryl methyl sites for hydroxylation is 1. The first kappa shape index (κ1) is 7.79. The molecule has 0 unspecified atom stereocenters. The number of carbonyl (C=O) groups excluding carboxylic acids is 1. The predicted octanol–water partition coefficient (Wildman–Crippen LogP) is 0.277. The molecule has 1 rings (SSSR count). The molecule has 0 aliphatic heterocycles. The lowest BCUT2D eigenvalue weighted by Gasteiger charge is -1.98. The monoisotopic (exact) mass is 149 g/mol. The van der Waals surface area contributed by atoms with E-state index in [0.29, 0.717) is 5.35 Å². The molecule has 0 aliphatic carbocycles. The second-order valence-corrected chi connectivity index (χ2v) is 2.61. The van der Waals surface area contributed by atoms with Crippen LogP contribution in [0.3, 0.4) is 0 Å². The van der Waals surface area contributed by atoms with Gasteiger partial charge in [-0.15, -0.1) is 0 Å². The molecule has 0 fully saturated rings. The van der Waals surface area contributed by atoms with Crippen molar-refractivity contribution in [3.05, 3.63) is 22.3 Å². The van der Waals surface area contributed by atoms with Crippen LogP contribution in [0.15, 0.2) is 6.07 Å². The summed E-state index contributed by atoms with van der Waals surface area (Å²) in [5.74, 6) is -0.0117. The summed E-state index contributed by atoms with van der Waals surface area (Å²) in [6.07, 6.45) is 0. The molecule has 0 amide bonds. The predicted molar refractivity (Wildman–Crippen MR) is 45.8 cm³/mol. The van der Waals surface area contributed by atoms with Gasteiger partial charge in [0.05, 0.1) is 0 Å². The van der Waals surface area contributed by atoms with Crippen LogP contribution in [0.1, 0.15) is 17.4 Å². The molecule has 0 saturated heterocycles. The third-order valence-corrected chi connectivity index (χ3v) is 1.69. The number of nitrogens with zero attached hydrogens (tertiary/aromatic N) is 1. The second kappa shape index (κ2) is 2.38. The summed E-state index contributed by atoms with van der Waals surface area (Å²) < 4.78 is 1.56. The molecular formula is C9H11NO. The summed E-state index contributed by atoms with van der Waals surface area (Å²) in [6, 6.07) is 1.85. The molecule has 58 valence electrons. The van der Waals surface area contributed by atoms with Gasteiger partial charge < -0.3 is 0 Å². The van der Waals surface area contributed by atoms with Gasteiger partial charge in [0, 0.05) is 18.0 Å². The first-order valence-electron chi connectivity index (χ1n) is 3.41. The molecule has 2 nitrogen and oxygen atoms in total. The van der Waals surface area contributed by atoms with Gasteiger partial charge in [0.15, 0.2) is 0 Å². The lowest BCUT2D eigenvalue weighted by atomic mass is 10.4. The first-order chi connectivity index (χ1) is 5.04. The van der Waals surface area contributed by atoms with Gasteiger partial charge in [-0.3, -0.25) is 9.36 Å². The zero-order chi connectivity index (χ0) is 8.59. The Bertz CT molecular complexity index is 386. The number of rotatable bonds is 0. The van der Waals surface area contributed by atoms with Crippen LogP contribution in [0.5, 0.6) is 0 Å². The largest absolute Gasteiger partial charge is 0.285 e. The van der Waals surface area contributed by atoms with Crippen LogP contribution in [-0.4, -0.2) is 10.5 Å². The van der Waals surface area contributed by atoms with E-state index in [-0.39, 0.29) is 5.91 Å². The van der Waals surface area contributed by atoms with Crippen molar-refractivity contribution in [3.63, 3.8) is 0 Å². The van der Waals surface area contributed by atoms with Gasteiger partial charge in [-0.2, -0.15) is 0 Å². The Morgan fingerprint density at radius 1 is 1.55 bits per heavy atom. The van der Waals surface area contributed by atoms with E-state index in [9.17, 15) is 4.79 Å². The van der Waals surface area contributed by atoms with Crippen molar-refractivity contribution in [3.8, 4) is 0 Å². The average molecular weight is 149 g/mol. The van der Waals surface area contributed by atoms with E-state index >= 15 is 0 Å². The number of aromatic nitrogens is 1. The molecule has 0 radical (unpaired) electrons. The van der Waals surface area contributed by atoms with Crippen molar-refractivity contribution < 1.29 is 4.79 Å². The lowest BCUT2D eigenvalue weighted by molar-refractivity contribution is 0.0932. The summed E-state index contributed by atoms with van der Waals surface area (Å²) in [5, 5.41) is 1.51. The summed E-state index contributed by atoms with van der Waals surface area (Å²) in [6.45, 7) is 10.9. The highest BCUT2D eigenvalue weighted by molar-refractivity contribution is 5.77. The number of hydrogen-bond donors (Lipinski definition) is 0. The minimum atomic E-state index is -0.0117. The Hall–Kier alpha value is -1.31. The third kappa shape index (κ3) is 1.11. The Labute approximate surface area is 65.5 Å². The summed E-state index contributed by atoms with van der Waals surface area (Å²) in [4.78, 5) is 11.0. The van der Waals surface area contributed by atoms with Crippen molar-refractivity contribution in [1.82, 2.24) is 4.57 Å². The Kier molecular flexibility index (Phi) is 1.69. The maximum absolute atomic E-state index is 11.0. The summed E-state index contributed by atoms with van der Waals surface area (Å²) in [7, 11) is 0. The summed E-state index contributed by atoms with van der Waals surface area (Å²) >= 11 is 0. The molecule has 0 atom stereocenters. The molecule has 0 spiro atoms. The maximum atomic E-state index is 11.0. The Morgan fingerprint density at radius 2 is 2.09 bits per heavy atom. The smallest absolute Gasteiger partial charge is 0.228 e. The third-order valence-electron chi connectivity index (χ3n) is 1.69. The zero-order valence-electron chi connectivity index (χ0n) is 6.85. The van der Waals surface area contributed by atoms with E-state index < -0.39 is 0 Å². The average Bonchev–Trinajstić information content (AvgIpc) is 2.07. The van der Waals surface area contributed by atoms with Crippen LogP contribution in [0.25, 0.3) is 13.2 Å². The molecule has 11 heavy (non-hydrogen) atoms. The van der Waals surface area contributed by atoms with Crippen LogP contribution < -0.4 is 10.6 Å². The van der Waals surface area contributed by atoms with E-state index in [0.717, 1.165) is 10.9 Å². The van der Waals surface area contributed by atoms with Crippen molar-refractivity contribution in [1.29, 1.82) is 0 Å². The van der Waals surface area contributed by atoms with Gasteiger partial charge in [-0.1, -0.05) is 13.2 Å². The van der Waals surface area contributed by atoms with Crippen LogP contribution in [0.4, 0.5) is 0 Å². The van der Waals surface area contributed by atoms with E-state index in [1.54, 1.807) is 4.57 Å². The van der Waals surface area contributed by atoms with Crippen LogP contribution in [0.2, 0.25) is 0 Å².